The number of benzene rings is 3. The molecule has 3 aromatic carbocycles. The van der Waals surface area contributed by atoms with Crippen molar-refractivity contribution in [3.05, 3.63) is 65.7 Å². The minimum Gasteiger partial charge on any atom is -0.429 e. The molecule has 0 saturated carbocycles. The second-order valence-corrected chi connectivity index (χ2v) is 7.21. The van der Waals surface area contributed by atoms with Gasteiger partial charge in [-0.05, 0) is 58.5 Å². The van der Waals surface area contributed by atoms with Gasteiger partial charge in [0, 0.05) is 0 Å². The van der Waals surface area contributed by atoms with Gasteiger partial charge in [0.25, 0.3) is 0 Å². The molecule has 0 heterocycles. The molecule has 29 heavy (non-hydrogen) atoms. The molecule has 0 fully saturated rings. The largest absolute Gasteiger partial charge is 0.429 e. The number of ether oxygens (including phenoxy) is 1. The number of rotatable bonds is 9. The Labute approximate surface area is 168 Å². The third-order valence-electron chi connectivity index (χ3n) is 5.01. The zero-order valence-corrected chi connectivity index (χ0v) is 16.4. The highest BCUT2D eigenvalue weighted by Gasteiger charge is 2.17. The van der Waals surface area contributed by atoms with Crippen LogP contribution in [0.5, 0.6) is 5.75 Å². The van der Waals surface area contributed by atoms with Crippen LogP contribution in [0, 0.1) is 11.6 Å². The predicted octanol–water partition coefficient (Wildman–Crippen LogP) is 7.90. The number of unbranched alkanes of at least 4 members (excludes halogenated alkanes) is 4. The molecule has 0 atom stereocenters. The van der Waals surface area contributed by atoms with Gasteiger partial charge in [0.15, 0.2) is 17.4 Å². The predicted molar refractivity (Wildman–Crippen MR) is 108 cm³/mol. The molecule has 0 unspecified atom stereocenters. The van der Waals surface area contributed by atoms with Crippen molar-refractivity contribution in [1.29, 1.82) is 0 Å². The number of hydrogen-bond acceptors (Lipinski definition) is 1. The monoisotopic (exact) mass is 404 g/mol. The van der Waals surface area contributed by atoms with Crippen LogP contribution in [0.3, 0.4) is 0 Å². The first-order valence-corrected chi connectivity index (χ1v) is 9.95. The molecule has 5 heteroatoms. The highest BCUT2D eigenvalue weighted by atomic mass is 19.3. The van der Waals surface area contributed by atoms with E-state index in [0.29, 0.717) is 5.56 Å². The van der Waals surface area contributed by atoms with E-state index < -0.39 is 24.0 Å². The molecule has 0 bridgehead atoms. The summed E-state index contributed by atoms with van der Waals surface area (Å²) in [7, 11) is 0. The van der Waals surface area contributed by atoms with E-state index in [1.807, 2.05) is 18.2 Å². The van der Waals surface area contributed by atoms with Crippen molar-refractivity contribution in [2.24, 2.45) is 0 Å². The maximum absolute atomic E-state index is 14.0. The third kappa shape index (κ3) is 5.49. The quantitative estimate of drug-likeness (QED) is 0.260. The van der Waals surface area contributed by atoms with Crippen molar-refractivity contribution < 1.29 is 22.3 Å². The normalized spacial score (nSPS) is 11.4. The van der Waals surface area contributed by atoms with Crippen molar-refractivity contribution in [2.75, 3.05) is 0 Å². The SMILES string of the molecule is CCCCCCCc1ccc2cc(-c3cc(F)c(OC(F)F)c(F)c3)ccc2c1. The lowest BCUT2D eigenvalue weighted by molar-refractivity contribution is -0.0546. The van der Waals surface area contributed by atoms with Crippen LogP contribution >= 0.6 is 0 Å². The molecule has 0 aliphatic carbocycles. The Morgan fingerprint density at radius 2 is 1.41 bits per heavy atom. The van der Waals surface area contributed by atoms with Gasteiger partial charge in [-0.1, -0.05) is 62.9 Å². The molecule has 0 aromatic heterocycles. The topological polar surface area (TPSA) is 9.23 Å². The molecule has 0 radical (unpaired) electrons. The van der Waals surface area contributed by atoms with Gasteiger partial charge in [0.1, 0.15) is 0 Å². The van der Waals surface area contributed by atoms with Crippen molar-refractivity contribution >= 4 is 10.8 Å². The minimum absolute atomic E-state index is 0.267. The van der Waals surface area contributed by atoms with Gasteiger partial charge >= 0.3 is 6.61 Å². The molecule has 154 valence electrons. The Morgan fingerprint density at radius 3 is 2.10 bits per heavy atom. The maximum atomic E-state index is 14.0. The third-order valence-corrected chi connectivity index (χ3v) is 5.01. The standard InChI is InChI=1S/C24H24F4O/c1-2-3-4-5-6-7-16-8-9-18-13-19(11-10-17(18)12-16)20-14-21(25)23(22(26)15-20)29-24(27)28/h8-15,24H,2-7H2,1H3. The maximum Gasteiger partial charge on any atom is 0.387 e. The molecular formula is C24H24F4O. The summed E-state index contributed by atoms with van der Waals surface area (Å²) in [5, 5.41) is 2.00. The molecule has 3 aromatic rings. The first-order valence-electron chi connectivity index (χ1n) is 9.95. The Balaban J connectivity index is 1.78. The highest BCUT2D eigenvalue weighted by Crippen LogP contribution is 2.31. The van der Waals surface area contributed by atoms with Gasteiger partial charge < -0.3 is 4.74 Å². The van der Waals surface area contributed by atoms with E-state index in [1.165, 1.54) is 31.2 Å². The molecular weight excluding hydrogens is 380 g/mol. The van der Waals surface area contributed by atoms with Gasteiger partial charge in [-0.2, -0.15) is 8.78 Å². The minimum atomic E-state index is -3.29. The number of aryl methyl sites for hydroxylation is 1. The van der Waals surface area contributed by atoms with Crippen molar-refractivity contribution in [2.45, 2.75) is 52.1 Å². The summed E-state index contributed by atoms with van der Waals surface area (Å²) in [6.45, 7) is -1.09. The molecule has 3 rings (SSSR count). The fraction of sp³-hybridized carbons (Fsp3) is 0.333. The molecule has 1 nitrogen and oxygen atoms in total. The van der Waals surface area contributed by atoms with Crippen LogP contribution < -0.4 is 4.74 Å². The second-order valence-electron chi connectivity index (χ2n) is 7.21. The molecule has 0 N–H and O–H groups in total. The lowest BCUT2D eigenvalue weighted by Gasteiger charge is -2.10. The lowest BCUT2D eigenvalue weighted by Crippen LogP contribution is -2.06. The molecule has 0 saturated heterocycles. The van der Waals surface area contributed by atoms with E-state index in [0.717, 1.165) is 35.7 Å². The Morgan fingerprint density at radius 1 is 0.759 bits per heavy atom. The number of fused-ring (bicyclic) bond motifs is 1. The van der Waals surface area contributed by atoms with Gasteiger partial charge in [0.2, 0.25) is 0 Å². The van der Waals surface area contributed by atoms with Crippen LogP contribution in [0.15, 0.2) is 48.5 Å². The fourth-order valence-corrected chi connectivity index (χ4v) is 3.49. The summed E-state index contributed by atoms with van der Waals surface area (Å²) >= 11 is 0. The van der Waals surface area contributed by atoms with Crippen molar-refractivity contribution in [3.8, 4) is 16.9 Å². The summed E-state index contributed by atoms with van der Waals surface area (Å²) in [5.74, 6) is -3.37. The van der Waals surface area contributed by atoms with E-state index in [-0.39, 0.29) is 5.56 Å². The molecule has 0 aliphatic rings. The molecule has 0 amide bonds. The molecule has 0 aliphatic heterocycles. The van der Waals surface area contributed by atoms with Crippen LogP contribution in [-0.4, -0.2) is 6.61 Å². The van der Waals surface area contributed by atoms with Gasteiger partial charge in [0.05, 0.1) is 0 Å². The van der Waals surface area contributed by atoms with Gasteiger partial charge in [-0.3, -0.25) is 0 Å². The van der Waals surface area contributed by atoms with Crippen LogP contribution in [0.2, 0.25) is 0 Å². The zero-order valence-electron chi connectivity index (χ0n) is 16.4. The van der Waals surface area contributed by atoms with E-state index in [1.54, 1.807) is 6.07 Å². The zero-order chi connectivity index (χ0) is 20.8. The Hall–Kier alpha value is -2.56. The van der Waals surface area contributed by atoms with Crippen LogP contribution in [-0.2, 0) is 6.42 Å². The van der Waals surface area contributed by atoms with E-state index in [2.05, 4.69) is 23.8 Å². The Kier molecular flexibility index (Phi) is 7.13. The second kappa shape index (κ2) is 9.77. The number of hydrogen-bond donors (Lipinski definition) is 0. The summed E-state index contributed by atoms with van der Waals surface area (Å²) in [4.78, 5) is 0. The lowest BCUT2D eigenvalue weighted by atomic mass is 9.98. The van der Waals surface area contributed by atoms with Crippen molar-refractivity contribution in [3.63, 3.8) is 0 Å². The van der Waals surface area contributed by atoms with Crippen LogP contribution in [0.4, 0.5) is 17.6 Å². The average molecular weight is 404 g/mol. The number of alkyl halides is 2. The van der Waals surface area contributed by atoms with E-state index in [9.17, 15) is 17.6 Å². The average Bonchev–Trinajstić information content (AvgIpc) is 2.69. The van der Waals surface area contributed by atoms with Crippen LogP contribution in [0.1, 0.15) is 44.6 Å². The summed E-state index contributed by atoms with van der Waals surface area (Å²) in [5.41, 5.74) is 2.14. The van der Waals surface area contributed by atoms with E-state index in [4.69, 9.17) is 0 Å². The first-order chi connectivity index (χ1) is 14.0. The highest BCUT2D eigenvalue weighted by molar-refractivity contribution is 5.88. The van der Waals surface area contributed by atoms with Crippen molar-refractivity contribution in [1.82, 2.24) is 0 Å². The van der Waals surface area contributed by atoms with E-state index >= 15 is 0 Å². The Bertz CT molecular complexity index is 945. The number of halogens is 4. The smallest absolute Gasteiger partial charge is 0.387 e. The van der Waals surface area contributed by atoms with Crippen LogP contribution in [0.25, 0.3) is 21.9 Å². The van der Waals surface area contributed by atoms with Gasteiger partial charge in [-0.25, -0.2) is 8.78 Å². The summed E-state index contributed by atoms with van der Waals surface area (Å²) < 4.78 is 56.5. The summed E-state index contributed by atoms with van der Waals surface area (Å²) in [6.07, 6.45) is 7.19. The summed E-state index contributed by atoms with van der Waals surface area (Å²) in [6, 6.07) is 13.7. The first kappa shape index (κ1) is 21.2. The van der Waals surface area contributed by atoms with Gasteiger partial charge in [-0.15, -0.1) is 0 Å². The molecule has 0 spiro atoms. The fourth-order valence-electron chi connectivity index (χ4n) is 3.49.